The van der Waals surface area contributed by atoms with E-state index in [0.29, 0.717) is 5.92 Å². The molecule has 0 bridgehead atoms. The Morgan fingerprint density at radius 2 is 1.72 bits per heavy atom. The largest absolute Gasteiger partial charge is 0.206 e. The van der Waals surface area contributed by atoms with Gasteiger partial charge in [-0.3, -0.25) is 0 Å². The molecule has 2 heteroatoms. The molecule has 2 aromatic carbocycles. The standard InChI is InChI=1S/C23H23FS/c1-2-4-16-7-9-17(10-8-16)19-11-12-20(21(24)15-19)23-14-13-22(25-23)18-5-3-6-18/h7-15,18H,2-6H2,1H3. The van der Waals surface area contributed by atoms with Crippen LogP contribution >= 0.6 is 11.3 Å². The first-order valence-corrected chi connectivity index (χ1v) is 10.0. The topological polar surface area (TPSA) is 0 Å². The fraction of sp³-hybridized carbons (Fsp3) is 0.304. The molecule has 0 N–H and O–H groups in total. The number of thiophene rings is 1. The molecule has 0 atom stereocenters. The quantitative estimate of drug-likeness (QED) is 0.448. The Labute approximate surface area is 153 Å². The Balaban J connectivity index is 1.58. The van der Waals surface area contributed by atoms with E-state index in [1.54, 1.807) is 17.4 Å². The van der Waals surface area contributed by atoms with Crippen molar-refractivity contribution in [2.24, 2.45) is 0 Å². The second-order valence-electron chi connectivity index (χ2n) is 6.97. The molecule has 0 radical (unpaired) electrons. The molecular formula is C23H23FS. The third-order valence-corrected chi connectivity index (χ3v) is 6.48. The van der Waals surface area contributed by atoms with Gasteiger partial charge in [0, 0.05) is 15.3 Å². The number of hydrogen-bond donors (Lipinski definition) is 0. The van der Waals surface area contributed by atoms with Gasteiger partial charge >= 0.3 is 0 Å². The number of benzene rings is 2. The molecule has 4 rings (SSSR count). The fourth-order valence-corrected chi connectivity index (χ4v) is 4.66. The minimum atomic E-state index is -0.128. The Bertz CT molecular complexity index is 856. The third kappa shape index (κ3) is 3.41. The van der Waals surface area contributed by atoms with Crippen LogP contribution in [-0.4, -0.2) is 0 Å². The molecule has 0 unspecified atom stereocenters. The molecule has 1 heterocycles. The van der Waals surface area contributed by atoms with Gasteiger partial charge < -0.3 is 0 Å². The van der Waals surface area contributed by atoms with Crippen molar-refractivity contribution >= 4 is 11.3 Å². The predicted octanol–water partition coefficient (Wildman–Crippen LogP) is 7.44. The minimum absolute atomic E-state index is 0.128. The van der Waals surface area contributed by atoms with Crippen LogP contribution in [0.25, 0.3) is 21.6 Å². The Hall–Kier alpha value is -1.93. The summed E-state index contributed by atoms with van der Waals surface area (Å²) < 4.78 is 14.7. The molecular weight excluding hydrogens is 327 g/mol. The van der Waals surface area contributed by atoms with E-state index in [1.807, 2.05) is 12.1 Å². The fourth-order valence-electron chi connectivity index (χ4n) is 3.46. The Kier molecular flexibility index (Phi) is 4.72. The van der Waals surface area contributed by atoms with Crippen molar-refractivity contribution in [2.75, 3.05) is 0 Å². The highest BCUT2D eigenvalue weighted by Gasteiger charge is 2.21. The van der Waals surface area contributed by atoms with Crippen molar-refractivity contribution in [3.05, 3.63) is 70.9 Å². The zero-order valence-corrected chi connectivity index (χ0v) is 15.4. The van der Waals surface area contributed by atoms with Crippen LogP contribution in [0.2, 0.25) is 0 Å². The Morgan fingerprint density at radius 3 is 2.36 bits per heavy atom. The van der Waals surface area contributed by atoms with Crippen LogP contribution in [0.4, 0.5) is 4.39 Å². The van der Waals surface area contributed by atoms with Crippen LogP contribution in [0.15, 0.2) is 54.6 Å². The van der Waals surface area contributed by atoms with Gasteiger partial charge in [0.15, 0.2) is 0 Å². The molecule has 0 saturated heterocycles. The van der Waals surface area contributed by atoms with Gasteiger partial charge in [0.05, 0.1) is 0 Å². The molecule has 0 amide bonds. The number of halogens is 1. The lowest BCUT2D eigenvalue weighted by Crippen LogP contribution is -2.06. The van der Waals surface area contributed by atoms with Crippen molar-refractivity contribution in [1.29, 1.82) is 0 Å². The first-order chi connectivity index (χ1) is 12.2. The van der Waals surface area contributed by atoms with Gasteiger partial charge in [-0.05, 0) is 66.1 Å². The summed E-state index contributed by atoms with van der Waals surface area (Å²) in [6.07, 6.45) is 6.14. The smallest absolute Gasteiger partial charge is 0.132 e. The summed E-state index contributed by atoms with van der Waals surface area (Å²) in [5.41, 5.74) is 4.08. The lowest BCUT2D eigenvalue weighted by molar-refractivity contribution is 0.426. The summed E-state index contributed by atoms with van der Waals surface area (Å²) in [5, 5.41) is 0. The maximum absolute atomic E-state index is 14.7. The number of hydrogen-bond acceptors (Lipinski definition) is 1. The van der Waals surface area contributed by atoms with E-state index in [0.717, 1.165) is 34.4 Å². The van der Waals surface area contributed by atoms with Gasteiger partial charge in [-0.1, -0.05) is 50.1 Å². The van der Waals surface area contributed by atoms with Crippen molar-refractivity contribution < 1.29 is 4.39 Å². The predicted molar refractivity (Wildman–Crippen MR) is 106 cm³/mol. The normalized spacial score (nSPS) is 14.5. The van der Waals surface area contributed by atoms with E-state index in [4.69, 9.17) is 0 Å². The van der Waals surface area contributed by atoms with E-state index in [9.17, 15) is 4.39 Å². The van der Waals surface area contributed by atoms with Crippen molar-refractivity contribution in [3.8, 4) is 21.6 Å². The highest BCUT2D eigenvalue weighted by atomic mass is 32.1. The molecule has 25 heavy (non-hydrogen) atoms. The summed E-state index contributed by atoms with van der Waals surface area (Å²) in [5.74, 6) is 0.583. The van der Waals surface area contributed by atoms with Crippen molar-refractivity contribution in [2.45, 2.75) is 44.9 Å². The molecule has 1 aromatic heterocycles. The van der Waals surface area contributed by atoms with Crippen LogP contribution in [0.5, 0.6) is 0 Å². The van der Waals surface area contributed by atoms with Crippen LogP contribution in [0.3, 0.4) is 0 Å². The molecule has 1 aliphatic rings. The van der Waals surface area contributed by atoms with E-state index in [1.165, 1.54) is 29.7 Å². The van der Waals surface area contributed by atoms with E-state index in [2.05, 4.69) is 43.3 Å². The molecule has 1 fully saturated rings. The van der Waals surface area contributed by atoms with Gasteiger partial charge in [-0.2, -0.15) is 0 Å². The van der Waals surface area contributed by atoms with Crippen LogP contribution in [0, 0.1) is 5.82 Å². The first kappa shape index (κ1) is 16.5. The second kappa shape index (κ2) is 7.13. The maximum Gasteiger partial charge on any atom is 0.132 e. The average Bonchev–Trinajstić information content (AvgIpc) is 3.03. The average molecular weight is 351 g/mol. The van der Waals surface area contributed by atoms with Gasteiger partial charge in [0.2, 0.25) is 0 Å². The summed E-state index contributed by atoms with van der Waals surface area (Å²) in [7, 11) is 0. The summed E-state index contributed by atoms with van der Waals surface area (Å²) in [6, 6.07) is 18.4. The van der Waals surface area contributed by atoms with Gasteiger partial charge in [0.1, 0.15) is 5.82 Å². The highest BCUT2D eigenvalue weighted by Crippen LogP contribution is 2.42. The number of rotatable bonds is 5. The second-order valence-corrected chi connectivity index (χ2v) is 8.09. The van der Waals surface area contributed by atoms with Crippen LogP contribution < -0.4 is 0 Å². The SMILES string of the molecule is CCCc1ccc(-c2ccc(-c3ccc(C4CCC4)s3)c(F)c2)cc1. The van der Waals surface area contributed by atoms with Crippen molar-refractivity contribution in [1.82, 2.24) is 0 Å². The zero-order chi connectivity index (χ0) is 17.2. The molecule has 0 aliphatic heterocycles. The third-order valence-electron chi connectivity index (χ3n) is 5.19. The maximum atomic E-state index is 14.7. The van der Waals surface area contributed by atoms with E-state index >= 15 is 0 Å². The summed E-state index contributed by atoms with van der Waals surface area (Å²) in [6.45, 7) is 2.18. The van der Waals surface area contributed by atoms with Crippen LogP contribution in [-0.2, 0) is 6.42 Å². The summed E-state index contributed by atoms with van der Waals surface area (Å²) in [4.78, 5) is 2.46. The zero-order valence-electron chi connectivity index (χ0n) is 14.6. The molecule has 1 aliphatic carbocycles. The minimum Gasteiger partial charge on any atom is -0.206 e. The molecule has 128 valence electrons. The van der Waals surface area contributed by atoms with E-state index in [-0.39, 0.29) is 5.82 Å². The molecule has 0 nitrogen and oxygen atoms in total. The molecule has 0 spiro atoms. The lowest BCUT2D eigenvalue weighted by Gasteiger charge is -2.23. The monoisotopic (exact) mass is 350 g/mol. The van der Waals surface area contributed by atoms with Crippen molar-refractivity contribution in [3.63, 3.8) is 0 Å². The number of aryl methyl sites for hydroxylation is 1. The van der Waals surface area contributed by atoms with Crippen LogP contribution in [0.1, 0.15) is 49.0 Å². The first-order valence-electron chi connectivity index (χ1n) is 9.23. The van der Waals surface area contributed by atoms with Gasteiger partial charge in [0.25, 0.3) is 0 Å². The van der Waals surface area contributed by atoms with Gasteiger partial charge in [-0.25, -0.2) is 4.39 Å². The lowest BCUT2D eigenvalue weighted by atomic mass is 9.84. The molecule has 1 saturated carbocycles. The summed E-state index contributed by atoms with van der Waals surface area (Å²) >= 11 is 1.75. The molecule has 3 aromatic rings. The Morgan fingerprint density at radius 1 is 0.960 bits per heavy atom. The van der Waals surface area contributed by atoms with E-state index < -0.39 is 0 Å². The van der Waals surface area contributed by atoms with Gasteiger partial charge in [-0.15, -0.1) is 11.3 Å². The highest BCUT2D eigenvalue weighted by molar-refractivity contribution is 7.15.